The second-order valence-corrected chi connectivity index (χ2v) is 8.30. The topological polar surface area (TPSA) is 120 Å². The molecular formula is C26H19ClN4O4. The summed E-state index contributed by atoms with van der Waals surface area (Å²) >= 11 is 6.01. The molecule has 0 unspecified atom stereocenters. The van der Waals surface area contributed by atoms with E-state index in [0.29, 0.717) is 38.5 Å². The zero-order chi connectivity index (χ0) is 24.5. The number of amides is 2. The molecule has 0 saturated carbocycles. The van der Waals surface area contributed by atoms with Crippen molar-refractivity contribution < 1.29 is 19.1 Å². The largest absolute Gasteiger partial charge is 0.507 e. The van der Waals surface area contributed by atoms with Crippen LogP contribution in [0.5, 0.6) is 5.75 Å². The van der Waals surface area contributed by atoms with E-state index < -0.39 is 11.8 Å². The molecule has 2 aromatic heterocycles. The number of phenolic OH excluding ortho intramolecular Hbond substituents is 1. The van der Waals surface area contributed by atoms with Gasteiger partial charge in [-0.3, -0.25) is 14.7 Å². The van der Waals surface area contributed by atoms with Crippen LogP contribution in [-0.4, -0.2) is 27.1 Å². The van der Waals surface area contributed by atoms with Crippen LogP contribution in [0.15, 0.2) is 77.2 Å². The van der Waals surface area contributed by atoms with Gasteiger partial charge >= 0.3 is 0 Å². The minimum Gasteiger partial charge on any atom is -0.507 e. The SMILES string of the molecule is Cc1cccc(-c2cc(C(=O)Nc3c(C(=O)Nc4cccc(Cl)c4)oc4ccccc34)[nH]n2)c1O. The van der Waals surface area contributed by atoms with Crippen molar-refractivity contribution in [1.29, 1.82) is 0 Å². The zero-order valence-electron chi connectivity index (χ0n) is 18.4. The Balaban J connectivity index is 1.46. The molecule has 0 bridgehead atoms. The predicted octanol–water partition coefficient (Wildman–Crippen LogP) is 5.99. The van der Waals surface area contributed by atoms with Crippen LogP contribution in [0.3, 0.4) is 0 Å². The highest BCUT2D eigenvalue weighted by Gasteiger charge is 2.24. The van der Waals surface area contributed by atoms with Crippen LogP contribution in [-0.2, 0) is 0 Å². The van der Waals surface area contributed by atoms with Gasteiger partial charge in [0.15, 0.2) is 0 Å². The summed E-state index contributed by atoms with van der Waals surface area (Å²) in [5, 5.41) is 23.7. The molecule has 35 heavy (non-hydrogen) atoms. The number of fused-ring (bicyclic) bond motifs is 1. The molecule has 9 heteroatoms. The van der Waals surface area contributed by atoms with Crippen LogP contribution in [0.4, 0.5) is 11.4 Å². The highest BCUT2D eigenvalue weighted by molar-refractivity contribution is 6.31. The number of H-pyrrole nitrogens is 1. The third-order valence-electron chi connectivity index (χ3n) is 5.46. The van der Waals surface area contributed by atoms with Crippen LogP contribution < -0.4 is 10.6 Å². The Kier molecular flexibility index (Phi) is 5.72. The molecule has 2 heterocycles. The number of aromatic hydroxyl groups is 1. The fourth-order valence-corrected chi connectivity index (χ4v) is 3.90. The molecule has 4 N–H and O–H groups in total. The molecule has 5 aromatic rings. The number of hydrogen-bond acceptors (Lipinski definition) is 5. The van der Waals surface area contributed by atoms with E-state index in [-0.39, 0.29) is 22.9 Å². The van der Waals surface area contributed by atoms with Gasteiger partial charge in [-0.15, -0.1) is 0 Å². The van der Waals surface area contributed by atoms with Crippen molar-refractivity contribution in [3.05, 3.63) is 94.8 Å². The molecule has 0 saturated heterocycles. The lowest BCUT2D eigenvalue weighted by atomic mass is 10.1. The smallest absolute Gasteiger partial charge is 0.293 e. The molecule has 0 fully saturated rings. The van der Waals surface area contributed by atoms with E-state index in [4.69, 9.17) is 16.0 Å². The van der Waals surface area contributed by atoms with Crippen LogP contribution in [0.25, 0.3) is 22.2 Å². The van der Waals surface area contributed by atoms with E-state index in [9.17, 15) is 14.7 Å². The highest BCUT2D eigenvalue weighted by Crippen LogP contribution is 2.33. The van der Waals surface area contributed by atoms with E-state index in [1.54, 1.807) is 73.7 Å². The molecule has 5 rings (SSSR count). The van der Waals surface area contributed by atoms with E-state index in [1.807, 2.05) is 0 Å². The Morgan fingerprint density at radius 3 is 2.60 bits per heavy atom. The van der Waals surface area contributed by atoms with Crippen molar-refractivity contribution in [2.24, 2.45) is 0 Å². The number of aromatic amines is 1. The maximum absolute atomic E-state index is 13.1. The highest BCUT2D eigenvalue weighted by atomic mass is 35.5. The van der Waals surface area contributed by atoms with Crippen molar-refractivity contribution in [3.63, 3.8) is 0 Å². The normalized spacial score (nSPS) is 10.9. The number of aromatic nitrogens is 2. The number of furan rings is 1. The van der Waals surface area contributed by atoms with E-state index >= 15 is 0 Å². The van der Waals surface area contributed by atoms with Crippen LogP contribution >= 0.6 is 11.6 Å². The summed E-state index contributed by atoms with van der Waals surface area (Å²) in [6.07, 6.45) is 0. The second-order valence-electron chi connectivity index (χ2n) is 7.86. The third-order valence-corrected chi connectivity index (χ3v) is 5.69. The number of phenols is 1. The van der Waals surface area contributed by atoms with Crippen LogP contribution in [0.1, 0.15) is 26.6 Å². The zero-order valence-corrected chi connectivity index (χ0v) is 19.2. The fourth-order valence-electron chi connectivity index (χ4n) is 3.71. The average Bonchev–Trinajstić information content (AvgIpc) is 3.47. The summed E-state index contributed by atoms with van der Waals surface area (Å²) < 4.78 is 5.78. The van der Waals surface area contributed by atoms with Gasteiger partial charge in [-0.1, -0.05) is 41.9 Å². The Morgan fingerprint density at radius 2 is 1.77 bits per heavy atom. The van der Waals surface area contributed by atoms with E-state index in [0.717, 1.165) is 0 Å². The van der Waals surface area contributed by atoms with Crippen molar-refractivity contribution in [1.82, 2.24) is 10.2 Å². The summed E-state index contributed by atoms with van der Waals surface area (Å²) in [7, 11) is 0. The molecule has 0 atom stereocenters. The first-order valence-corrected chi connectivity index (χ1v) is 11.0. The Morgan fingerprint density at radius 1 is 0.971 bits per heavy atom. The minimum absolute atomic E-state index is 0.0596. The number of para-hydroxylation sites is 2. The first-order chi connectivity index (χ1) is 16.9. The molecule has 3 aromatic carbocycles. The van der Waals surface area contributed by atoms with Crippen LogP contribution in [0.2, 0.25) is 5.02 Å². The lowest BCUT2D eigenvalue weighted by Crippen LogP contribution is -2.17. The number of nitrogens with zero attached hydrogens (tertiary/aromatic N) is 1. The van der Waals surface area contributed by atoms with Gasteiger partial charge in [0.1, 0.15) is 22.7 Å². The van der Waals surface area contributed by atoms with Gasteiger partial charge in [0.25, 0.3) is 11.8 Å². The molecule has 0 aliphatic carbocycles. The van der Waals surface area contributed by atoms with Gasteiger partial charge < -0.3 is 20.2 Å². The van der Waals surface area contributed by atoms with Crippen molar-refractivity contribution in [2.45, 2.75) is 6.92 Å². The average molecular weight is 487 g/mol. The molecule has 0 aliphatic rings. The van der Waals surface area contributed by atoms with Crippen molar-refractivity contribution in [3.8, 4) is 17.0 Å². The van der Waals surface area contributed by atoms with Gasteiger partial charge in [0.05, 0.1) is 5.69 Å². The molecular weight excluding hydrogens is 468 g/mol. The number of carbonyl (C=O) groups excluding carboxylic acids is 2. The van der Waals surface area contributed by atoms with E-state index in [2.05, 4.69) is 20.8 Å². The summed E-state index contributed by atoms with van der Waals surface area (Å²) in [6.45, 7) is 1.78. The maximum atomic E-state index is 13.1. The quantitative estimate of drug-likeness (QED) is 0.243. The Labute approximate surface area is 204 Å². The molecule has 8 nitrogen and oxygen atoms in total. The van der Waals surface area contributed by atoms with Gasteiger partial charge in [0, 0.05) is 21.7 Å². The first kappa shape index (κ1) is 22.2. The second kappa shape index (κ2) is 9.00. The van der Waals surface area contributed by atoms with Crippen LogP contribution in [0, 0.1) is 6.92 Å². The number of benzene rings is 3. The summed E-state index contributed by atoms with van der Waals surface area (Å²) in [5.41, 5.74) is 2.89. The monoisotopic (exact) mass is 486 g/mol. The number of rotatable bonds is 5. The van der Waals surface area contributed by atoms with Gasteiger partial charge in [-0.05, 0) is 55.0 Å². The number of aryl methyl sites for hydroxylation is 1. The maximum Gasteiger partial charge on any atom is 0.293 e. The first-order valence-electron chi connectivity index (χ1n) is 10.6. The van der Waals surface area contributed by atoms with E-state index in [1.165, 1.54) is 6.07 Å². The van der Waals surface area contributed by atoms with Gasteiger partial charge in [-0.25, -0.2) is 0 Å². The number of halogens is 1. The summed E-state index contributed by atoms with van der Waals surface area (Å²) in [5.74, 6) is -1.05. The standard InChI is InChI=1S/C26H19ClN4O4/c1-14-6-4-10-17(23(14)32)19-13-20(31-30-19)25(33)29-22-18-9-2-3-11-21(18)35-24(22)26(34)28-16-8-5-7-15(27)12-16/h2-13,32H,1H3,(H,28,34)(H,29,33)(H,30,31). The number of anilines is 2. The summed E-state index contributed by atoms with van der Waals surface area (Å²) in [4.78, 5) is 26.1. The predicted molar refractivity (Wildman–Crippen MR) is 134 cm³/mol. The Hall–Kier alpha value is -4.56. The molecule has 0 radical (unpaired) electrons. The Bertz CT molecular complexity index is 1590. The third kappa shape index (κ3) is 4.34. The van der Waals surface area contributed by atoms with Gasteiger partial charge in [-0.2, -0.15) is 5.10 Å². The lowest BCUT2D eigenvalue weighted by molar-refractivity contribution is 0.0999. The fraction of sp³-hybridized carbons (Fsp3) is 0.0385. The lowest BCUT2D eigenvalue weighted by Gasteiger charge is -2.07. The number of carbonyl (C=O) groups is 2. The minimum atomic E-state index is -0.547. The molecule has 174 valence electrons. The van der Waals surface area contributed by atoms with Gasteiger partial charge in [0.2, 0.25) is 5.76 Å². The molecule has 0 spiro atoms. The van der Waals surface area contributed by atoms with Crippen molar-refractivity contribution >= 4 is 45.8 Å². The molecule has 0 aliphatic heterocycles. The summed E-state index contributed by atoms with van der Waals surface area (Å²) in [6, 6.07) is 20.5. The number of hydrogen-bond donors (Lipinski definition) is 4. The number of nitrogens with one attached hydrogen (secondary N) is 3. The van der Waals surface area contributed by atoms with Crippen molar-refractivity contribution in [2.75, 3.05) is 10.6 Å². The molecule has 2 amide bonds.